The highest BCUT2D eigenvalue weighted by molar-refractivity contribution is 5.78. The van der Waals surface area contributed by atoms with Crippen LogP contribution in [0.4, 0.5) is 0 Å². The fourth-order valence-electron chi connectivity index (χ4n) is 2.98. The monoisotopic (exact) mass is 317 g/mol. The van der Waals surface area contributed by atoms with Crippen LogP contribution in [0.5, 0.6) is 0 Å². The van der Waals surface area contributed by atoms with E-state index in [0.717, 1.165) is 31.5 Å². The SMILES string of the molecule is CNC1CCCN(C(=O)CCN(Cc2ccccc2)C(C)=O)C1. The Balaban J connectivity index is 1.86. The molecule has 1 heterocycles. The summed E-state index contributed by atoms with van der Waals surface area (Å²) in [6, 6.07) is 10.3. The molecule has 1 unspecified atom stereocenters. The number of hydrogen-bond donors (Lipinski definition) is 1. The van der Waals surface area contributed by atoms with Crippen molar-refractivity contribution in [3.63, 3.8) is 0 Å². The van der Waals surface area contributed by atoms with Gasteiger partial charge in [0, 0.05) is 45.6 Å². The minimum Gasteiger partial charge on any atom is -0.341 e. The summed E-state index contributed by atoms with van der Waals surface area (Å²) < 4.78 is 0. The van der Waals surface area contributed by atoms with E-state index in [0.29, 0.717) is 25.6 Å². The van der Waals surface area contributed by atoms with Gasteiger partial charge in [-0.05, 0) is 25.5 Å². The fourth-order valence-corrected chi connectivity index (χ4v) is 2.98. The van der Waals surface area contributed by atoms with E-state index in [1.54, 1.807) is 11.8 Å². The number of likely N-dealkylation sites (N-methyl/N-ethyl adjacent to an activating group) is 1. The van der Waals surface area contributed by atoms with Crippen molar-refractivity contribution in [2.45, 2.75) is 38.8 Å². The molecule has 0 saturated carbocycles. The second-order valence-electron chi connectivity index (χ2n) is 6.14. The van der Waals surface area contributed by atoms with Crippen molar-refractivity contribution in [2.75, 3.05) is 26.7 Å². The summed E-state index contributed by atoms with van der Waals surface area (Å²) in [5, 5.41) is 3.25. The first-order chi connectivity index (χ1) is 11.1. The van der Waals surface area contributed by atoms with Crippen molar-refractivity contribution in [1.29, 1.82) is 0 Å². The highest BCUT2D eigenvalue weighted by Crippen LogP contribution is 2.12. The van der Waals surface area contributed by atoms with Gasteiger partial charge >= 0.3 is 0 Å². The molecule has 0 aliphatic carbocycles. The average molecular weight is 317 g/mol. The lowest BCUT2D eigenvalue weighted by atomic mass is 10.1. The Hall–Kier alpha value is -1.88. The molecule has 1 atom stereocenters. The molecule has 1 aliphatic rings. The molecule has 5 nitrogen and oxygen atoms in total. The van der Waals surface area contributed by atoms with Crippen molar-refractivity contribution in [1.82, 2.24) is 15.1 Å². The number of rotatable bonds is 6. The van der Waals surface area contributed by atoms with Crippen molar-refractivity contribution >= 4 is 11.8 Å². The lowest BCUT2D eigenvalue weighted by molar-refractivity contribution is -0.134. The molecule has 1 N–H and O–H groups in total. The predicted molar refractivity (Wildman–Crippen MR) is 90.8 cm³/mol. The van der Waals surface area contributed by atoms with Crippen LogP contribution in [0.3, 0.4) is 0 Å². The quantitative estimate of drug-likeness (QED) is 0.868. The number of likely N-dealkylation sites (tertiary alicyclic amines) is 1. The Kier molecular flexibility index (Phi) is 6.59. The molecule has 0 bridgehead atoms. The van der Waals surface area contributed by atoms with Gasteiger partial charge in [-0.15, -0.1) is 0 Å². The predicted octanol–water partition coefficient (Wildman–Crippen LogP) is 1.64. The molecule has 0 radical (unpaired) electrons. The number of benzene rings is 1. The first kappa shape index (κ1) is 17.5. The van der Waals surface area contributed by atoms with Gasteiger partial charge in [0.25, 0.3) is 0 Å². The molecule has 23 heavy (non-hydrogen) atoms. The van der Waals surface area contributed by atoms with Crippen molar-refractivity contribution in [3.8, 4) is 0 Å². The fraction of sp³-hybridized carbons (Fsp3) is 0.556. The Bertz CT molecular complexity index is 518. The summed E-state index contributed by atoms with van der Waals surface area (Å²) in [6.45, 7) is 4.20. The molecule has 0 aromatic heterocycles. The van der Waals surface area contributed by atoms with Gasteiger partial charge in [-0.3, -0.25) is 9.59 Å². The number of carbonyl (C=O) groups excluding carboxylic acids is 2. The molecular formula is C18H27N3O2. The molecule has 1 aliphatic heterocycles. The van der Waals surface area contributed by atoms with Crippen LogP contribution in [-0.4, -0.2) is 54.3 Å². The van der Waals surface area contributed by atoms with E-state index in [9.17, 15) is 9.59 Å². The smallest absolute Gasteiger partial charge is 0.224 e. The van der Waals surface area contributed by atoms with Gasteiger partial charge in [0.15, 0.2) is 0 Å². The lowest BCUT2D eigenvalue weighted by Gasteiger charge is -2.33. The topological polar surface area (TPSA) is 52.7 Å². The van der Waals surface area contributed by atoms with Gasteiger partial charge in [0.1, 0.15) is 0 Å². The highest BCUT2D eigenvalue weighted by Gasteiger charge is 2.23. The van der Waals surface area contributed by atoms with Crippen LogP contribution < -0.4 is 5.32 Å². The molecule has 0 spiro atoms. The molecule has 126 valence electrons. The largest absolute Gasteiger partial charge is 0.341 e. The Morgan fingerprint density at radius 3 is 2.70 bits per heavy atom. The van der Waals surface area contributed by atoms with Crippen LogP contribution in [0.2, 0.25) is 0 Å². The van der Waals surface area contributed by atoms with Crippen LogP contribution in [0.25, 0.3) is 0 Å². The van der Waals surface area contributed by atoms with E-state index in [-0.39, 0.29) is 11.8 Å². The van der Waals surface area contributed by atoms with E-state index in [1.807, 2.05) is 42.3 Å². The lowest BCUT2D eigenvalue weighted by Crippen LogP contribution is -2.47. The summed E-state index contributed by atoms with van der Waals surface area (Å²) in [4.78, 5) is 27.9. The normalized spacial score (nSPS) is 17.8. The second-order valence-corrected chi connectivity index (χ2v) is 6.14. The number of nitrogens with zero attached hydrogens (tertiary/aromatic N) is 2. The second kappa shape index (κ2) is 8.67. The number of carbonyl (C=O) groups is 2. The van der Waals surface area contributed by atoms with Crippen LogP contribution >= 0.6 is 0 Å². The summed E-state index contributed by atoms with van der Waals surface area (Å²) in [6.07, 6.45) is 2.55. The molecule has 5 heteroatoms. The minimum atomic E-state index is 0.00778. The maximum Gasteiger partial charge on any atom is 0.224 e. The Morgan fingerprint density at radius 1 is 1.30 bits per heavy atom. The molecule has 2 rings (SSSR count). The first-order valence-corrected chi connectivity index (χ1v) is 8.34. The van der Waals surface area contributed by atoms with E-state index >= 15 is 0 Å². The van der Waals surface area contributed by atoms with Gasteiger partial charge in [-0.1, -0.05) is 30.3 Å². The zero-order valence-electron chi connectivity index (χ0n) is 14.1. The Labute approximate surface area is 138 Å². The minimum absolute atomic E-state index is 0.00778. The van der Waals surface area contributed by atoms with Gasteiger partial charge in [-0.25, -0.2) is 0 Å². The van der Waals surface area contributed by atoms with Crippen molar-refractivity contribution in [3.05, 3.63) is 35.9 Å². The molecule has 1 aromatic rings. The number of piperidine rings is 1. The number of amides is 2. The maximum atomic E-state index is 12.4. The van der Waals surface area contributed by atoms with Gasteiger partial charge in [0.2, 0.25) is 11.8 Å². The van der Waals surface area contributed by atoms with Gasteiger partial charge < -0.3 is 15.1 Å². The van der Waals surface area contributed by atoms with Crippen molar-refractivity contribution in [2.24, 2.45) is 0 Å². The highest BCUT2D eigenvalue weighted by atomic mass is 16.2. The molecule has 1 saturated heterocycles. The van der Waals surface area contributed by atoms with Gasteiger partial charge in [0.05, 0.1) is 0 Å². The van der Waals surface area contributed by atoms with Crippen LogP contribution in [-0.2, 0) is 16.1 Å². The average Bonchev–Trinajstić information content (AvgIpc) is 2.59. The third kappa shape index (κ3) is 5.36. The van der Waals surface area contributed by atoms with E-state index < -0.39 is 0 Å². The third-order valence-electron chi connectivity index (χ3n) is 4.44. The number of hydrogen-bond acceptors (Lipinski definition) is 3. The van der Waals surface area contributed by atoms with Crippen LogP contribution in [0.1, 0.15) is 31.7 Å². The van der Waals surface area contributed by atoms with E-state index in [2.05, 4.69) is 5.32 Å². The van der Waals surface area contributed by atoms with Crippen molar-refractivity contribution < 1.29 is 9.59 Å². The van der Waals surface area contributed by atoms with E-state index in [4.69, 9.17) is 0 Å². The van der Waals surface area contributed by atoms with Crippen LogP contribution in [0, 0.1) is 0 Å². The first-order valence-electron chi connectivity index (χ1n) is 8.34. The standard InChI is InChI=1S/C18H27N3O2/c1-15(22)20(13-16-7-4-3-5-8-16)12-10-18(23)21-11-6-9-17(14-21)19-2/h3-5,7-8,17,19H,6,9-14H2,1-2H3. The summed E-state index contributed by atoms with van der Waals surface area (Å²) in [5.41, 5.74) is 1.09. The molecular weight excluding hydrogens is 290 g/mol. The Morgan fingerprint density at radius 2 is 2.04 bits per heavy atom. The molecule has 1 aromatic carbocycles. The zero-order valence-corrected chi connectivity index (χ0v) is 14.1. The summed E-state index contributed by atoms with van der Waals surface area (Å²) >= 11 is 0. The van der Waals surface area contributed by atoms with Crippen LogP contribution in [0.15, 0.2) is 30.3 Å². The zero-order chi connectivity index (χ0) is 16.7. The molecule has 1 fully saturated rings. The number of nitrogens with one attached hydrogen (secondary N) is 1. The van der Waals surface area contributed by atoms with Gasteiger partial charge in [-0.2, -0.15) is 0 Å². The maximum absolute atomic E-state index is 12.4. The molecule has 2 amide bonds. The van der Waals surface area contributed by atoms with E-state index in [1.165, 1.54) is 0 Å². The summed E-state index contributed by atoms with van der Waals surface area (Å²) in [7, 11) is 1.94. The summed E-state index contributed by atoms with van der Waals surface area (Å²) in [5.74, 6) is 0.151. The third-order valence-corrected chi connectivity index (χ3v) is 4.44.